The van der Waals surface area contributed by atoms with Gasteiger partial charge in [-0.15, -0.1) is 0 Å². The van der Waals surface area contributed by atoms with E-state index in [1.807, 2.05) is 6.92 Å². The molecule has 0 spiro atoms. The lowest BCUT2D eigenvalue weighted by Crippen LogP contribution is -2.68. The lowest BCUT2D eigenvalue weighted by atomic mass is 9.44. The highest BCUT2D eigenvalue weighted by Crippen LogP contribution is 2.70. The Morgan fingerprint density at radius 2 is 1.07 bits per heavy atom. The van der Waals surface area contributed by atoms with Crippen LogP contribution in [0.5, 0.6) is 0 Å². The molecule has 0 aromatic rings. The number of allylic oxidation sites excluding steroid dienone is 1. The fraction of sp³-hybridized carbons (Fsp3) is 0.964. The van der Waals surface area contributed by atoms with Gasteiger partial charge >= 0.3 is 0 Å². The predicted octanol–water partition coefficient (Wildman–Crippen LogP) is -4.54. The molecule has 0 amide bonds. The Hall–Kier alpha value is -1.50. The molecule has 34 atom stereocenters. The van der Waals surface area contributed by atoms with Crippen molar-refractivity contribution >= 4 is 0 Å². The van der Waals surface area contributed by atoms with E-state index >= 15 is 0 Å². The quantitative estimate of drug-likeness (QED) is 0.0575. The Labute approximate surface area is 481 Å². The predicted molar refractivity (Wildman–Crippen MR) is 277 cm³/mol. The van der Waals surface area contributed by atoms with E-state index in [1.165, 1.54) is 5.57 Å². The number of rotatable bonds is 18. The highest BCUT2D eigenvalue weighted by atomic mass is 16.8. The normalized spacial score (nSPS) is 53.2. The van der Waals surface area contributed by atoms with Gasteiger partial charge in [0.1, 0.15) is 122 Å². The maximum Gasteiger partial charge on any atom is 0.187 e. The van der Waals surface area contributed by atoms with Crippen molar-refractivity contribution in [1.82, 2.24) is 0 Å². The molecule has 5 saturated heterocycles. The van der Waals surface area contributed by atoms with E-state index in [2.05, 4.69) is 20.8 Å². The van der Waals surface area contributed by atoms with Crippen LogP contribution in [0.3, 0.4) is 0 Å². The van der Waals surface area contributed by atoms with Crippen molar-refractivity contribution in [2.75, 3.05) is 39.6 Å². The average molecular weight is 1200 g/mol. The first-order valence-electron chi connectivity index (χ1n) is 29.9. The first-order valence-corrected chi connectivity index (χ1v) is 29.9. The third-order valence-electron chi connectivity index (χ3n) is 21.2. The molecule has 0 radical (unpaired) electrons. The zero-order valence-electron chi connectivity index (χ0n) is 47.4. The van der Waals surface area contributed by atoms with Crippen molar-refractivity contribution in [3.8, 4) is 0 Å². The lowest BCUT2D eigenvalue weighted by Gasteiger charge is -2.61. The summed E-state index contributed by atoms with van der Waals surface area (Å²) in [7, 11) is 0. The van der Waals surface area contributed by atoms with Crippen LogP contribution in [0.1, 0.15) is 91.9 Å². The van der Waals surface area contributed by atoms with E-state index in [1.54, 1.807) is 0 Å². The van der Waals surface area contributed by atoms with Crippen LogP contribution >= 0.6 is 0 Å². The van der Waals surface area contributed by atoms with Gasteiger partial charge in [-0.1, -0.05) is 20.8 Å². The van der Waals surface area contributed by atoms with Gasteiger partial charge in [0.25, 0.3) is 0 Å². The van der Waals surface area contributed by atoms with Crippen LogP contribution in [0, 0.1) is 46.3 Å². The number of ether oxygens (including phenoxy) is 11. The summed E-state index contributed by atoms with van der Waals surface area (Å²) < 4.78 is 66.1. The maximum atomic E-state index is 11.9. The smallest absolute Gasteiger partial charge is 0.187 e. The number of aliphatic hydroxyl groups excluding tert-OH is 16. The lowest BCUT2D eigenvalue weighted by molar-refractivity contribution is -0.404. The summed E-state index contributed by atoms with van der Waals surface area (Å²) in [6, 6.07) is 0. The van der Waals surface area contributed by atoms with Gasteiger partial charge in [0.15, 0.2) is 31.5 Å². The van der Waals surface area contributed by atoms with E-state index in [0.717, 1.165) is 57.1 Å². The van der Waals surface area contributed by atoms with Gasteiger partial charge in [0.2, 0.25) is 0 Å². The first kappa shape index (κ1) is 64.5. The minimum absolute atomic E-state index is 0.0166. The molecule has 0 aromatic heterocycles. The third-order valence-corrected chi connectivity index (χ3v) is 21.2. The molecule has 4 saturated carbocycles. The highest BCUT2D eigenvalue weighted by Gasteiger charge is 2.65. The van der Waals surface area contributed by atoms with Crippen LogP contribution < -0.4 is 0 Å². The molecule has 0 aromatic carbocycles. The fourth-order valence-corrected chi connectivity index (χ4v) is 16.4. The zero-order chi connectivity index (χ0) is 59.7. The van der Waals surface area contributed by atoms with Gasteiger partial charge in [0, 0.05) is 12.3 Å². The first-order chi connectivity index (χ1) is 39.5. The molecule has 0 unspecified atom stereocenters. The van der Waals surface area contributed by atoms with Crippen LogP contribution in [0.15, 0.2) is 11.3 Å². The van der Waals surface area contributed by atoms with E-state index in [4.69, 9.17) is 52.1 Å². The number of hydrogen-bond donors (Lipinski definition) is 16. The second kappa shape index (κ2) is 26.1. The molecule has 83 heavy (non-hydrogen) atoms. The highest BCUT2D eigenvalue weighted by molar-refractivity contribution is 5.27. The summed E-state index contributed by atoms with van der Waals surface area (Å²) in [5.74, 6) is 3.17. The monoisotopic (exact) mass is 1200 g/mol. The molecule has 478 valence electrons. The molecule has 10 rings (SSSR count). The van der Waals surface area contributed by atoms with Gasteiger partial charge in [-0.25, -0.2) is 0 Å². The minimum atomic E-state index is -2.02. The second-order valence-electron chi connectivity index (χ2n) is 26.1. The van der Waals surface area contributed by atoms with Crippen molar-refractivity contribution < 1.29 is 134 Å². The summed E-state index contributed by atoms with van der Waals surface area (Å²) in [6.45, 7) is 5.78. The Morgan fingerprint density at radius 1 is 0.518 bits per heavy atom. The standard InChI is InChI=1S/C56H92O27/c1-21(19-73-50-44(70)40(66)37(63)31(15-57)77-50)5-8-29-22(2)35-30(76-29)14-27-25-7-6-23-13-24(9-11-55(23,3)26(25)10-12-56(27,35)4)75-52-46(72)42(68)47(34(18-60)80-52)81-54-49(83-53-45(71)41(67)38(64)32(16-58)78-53)48(39(65)33(17-59)79-54)82-51-43(69)36(62)28(61)20-74-51/h21,23-28,30-54,57-72H,5-20H2,1-4H3/t21-,23+,24+,25-,26+,27+,28-,30+,31-,32-,33-,34-,35+,36+,37-,38-,39-,40+,41+,42-,43-,44-,45-,46-,47+,48+,49-,50-,51+,52-,53+,54+,55+,56+/m1/s1. The molecule has 27 heteroatoms. The molecule has 6 aliphatic heterocycles. The third kappa shape index (κ3) is 12.1. The Kier molecular flexibility index (Phi) is 20.3. The topological polar surface area (TPSA) is 425 Å². The molecule has 10 aliphatic rings. The Morgan fingerprint density at radius 3 is 1.75 bits per heavy atom. The summed E-state index contributed by atoms with van der Waals surface area (Å²) in [5, 5.41) is 170. The van der Waals surface area contributed by atoms with Crippen molar-refractivity contribution in [1.29, 1.82) is 0 Å². The van der Waals surface area contributed by atoms with E-state index < -0.39 is 180 Å². The number of aliphatic hydroxyl groups is 16. The summed E-state index contributed by atoms with van der Waals surface area (Å²) in [4.78, 5) is 0. The molecule has 16 N–H and O–H groups in total. The van der Waals surface area contributed by atoms with Gasteiger partial charge in [-0.05, 0) is 111 Å². The average Bonchev–Trinajstić information content (AvgIpc) is 1.68. The molecular weight excluding hydrogens is 1100 g/mol. The van der Waals surface area contributed by atoms with Crippen LogP contribution in [0.4, 0.5) is 0 Å². The van der Waals surface area contributed by atoms with Gasteiger partial charge in [0.05, 0.1) is 51.5 Å². The van der Waals surface area contributed by atoms with Crippen LogP contribution in [-0.4, -0.2) is 281 Å². The zero-order valence-corrected chi connectivity index (χ0v) is 47.4. The summed E-state index contributed by atoms with van der Waals surface area (Å²) >= 11 is 0. The molecule has 6 heterocycles. The number of fused-ring (bicyclic) bond motifs is 7. The van der Waals surface area contributed by atoms with Crippen LogP contribution in [0.2, 0.25) is 0 Å². The molecular formula is C56H92O27. The summed E-state index contributed by atoms with van der Waals surface area (Å²) in [5.41, 5.74) is 1.40. The van der Waals surface area contributed by atoms with E-state index in [0.29, 0.717) is 42.4 Å². The molecule has 4 aliphatic carbocycles. The number of hydrogen-bond acceptors (Lipinski definition) is 27. The molecule has 0 bridgehead atoms. The Bertz CT molecular complexity index is 2160. The molecule has 9 fully saturated rings. The minimum Gasteiger partial charge on any atom is -0.494 e. The largest absolute Gasteiger partial charge is 0.494 e. The summed E-state index contributed by atoms with van der Waals surface area (Å²) in [6.07, 6.45) is -31.4. The van der Waals surface area contributed by atoms with E-state index in [-0.39, 0.29) is 35.6 Å². The molecule has 27 nitrogen and oxygen atoms in total. The van der Waals surface area contributed by atoms with Crippen LogP contribution in [-0.2, 0) is 52.1 Å². The van der Waals surface area contributed by atoms with Crippen molar-refractivity contribution in [2.24, 2.45) is 46.3 Å². The second-order valence-corrected chi connectivity index (χ2v) is 26.1. The van der Waals surface area contributed by atoms with Crippen molar-refractivity contribution in [3.05, 3.63) is 11.3 Å². The Balaban J connectivity index is 0.762. The van der Waals surface area contributed by atoms with Gasteiger partial charge in [-0.3, -0.25) is 0 Å². The van der Waals surface area contributed by atoms with E-state index in [9.17, 15) is 81.7 Å². The van der Waals surface area contributed by atoms with Gasteiger partial charge < -0.3 is 134 Å². The van der Waals surface area contributed by atoms with Crippen molar-refractivity contribution in [3.63, 3.8) is 0 Å². The fourth-order valence-electron chi connectivity index (χ4n) is 16.4. The van der Waals surface area contributed by atoms with Crippen molar-refractivity contribution in [2.45, 2.75) is 252 Å². The van der Waals surface area contributed by atoms with Crippen LogP contribution in [0.25, 0.3) is 0 Å². The van der Waals surface area contributed by atoms with Gasteiger partial charge in [-0.2, -0.15) is 0 Å². The maximum absolute atomic E-state index is 11.9. The SMILES string of the molecule is CC1=C(CC[C@@H](C)CO[C@@H]2O[C@H](CO)[C@@H](O)[C@H](O)[C@H]2O)O[C@H]2C[C@H]3[C@@H]4CC[C@H]5C[C@@H](O[C@@H]6O[C@H](CO)[C@H](O[C@@H]7O[C@H](CO)[C@@H](O)[C@H](O[C@@H]8OC[C@@H](O)[C@H](O)[C@H]8O)[C@H]7O[C@@H]7O[C@H](CO)[C@@H](O)[C@H](O)[C@H]7O)[C@H](O)[C@H]6O)CC[C@]5(C)[C@H]4CC[C@]3(C)[C@@H]12.